The van der Waals surface area contributed by atoms with Crippen molar-refractivity contribution < 1.29 is 0 Å². The molecule has 0 fully saturated rings. The van der Waals surface area contributed by atoms with Gasteiger partial charge in [-0.3, -0.25) is 9.88 Å². The molecule has 0 spiro atoms. The standard InChI is InChI=1S/C14H19BrN4S/c1-3-4-16-14-7-17-12(6-18-14)9-19(2)8-11-5-13(15)20-10-11/h5-7,10H,3-4,8-9H2,1-2H3,(H,16,18). The molecule has 2 rings (SSSR count). The lowest BCUT2D eigenvalue weighted by Gasteiger charge is -2.15. The maximum Gasteiger partial charge on any atom is 0.144 e. The summed E-state index contributed by atoms with van der Waals surface area (Å²) in [5, 5.41) is 5.40. The van der Waals surface area contributed by atoms with Crippen molar-refractivity contribution in [3.8, 4) is 0 Å². The molecule has 0 atom stereocenters. The monoisotopic (exact) mass is 354 g/mol. The first-order valence-corrected chi connectivity index (χ1v) is 8.31. The fraction of sp³-hybridized carbons (Fsp3) is 0.429. The van der Waals surface area contributed by atoms with Crippen LogP contribution in [0.1, 0.15) is 24.6 Å². The van der Waals surface area contributed by atoms with Crippen LogP contribution in [-0.2, 0) is 13.1 Å². The number of halogens is 1. The highest BCUT2D eigenvalue weighted by molar-refractivity contribution is 9.11. The average Bonchev–Trinajstić information content (AvgIpc) is 2.83. The highest BCUT2D eigenvalue weighted by Gasteiger charge is 2.05. The molecule has 0 aliphatic heterocycles. The highest BCUT2D eigenvalue weighted by Crippen LogP contribution is 2.21. The molecule has 0 aromatic carbocycles. The highest BCUT2D eigenvalue weighted by atomic mass is 79.9. The first-order chi connectivity index (χ1) is 9.67. The molecule has 2 heterocycles. The fourth-order valence-electron chi connectivity index (χ4n) is 1.85. The molecule has 1 N–H and O–H groups in total. The Labute approximate surface area is 132 Å². The van der Waals surface area contributed by atoms with E-state index in [-0.39, 0.29) is 0 Å². The van der Waals surface area contributed by atoms with Gasteiger partial charge in [0.15, 0.2) is 0 Å². The maximum atomic E-state index is 4.45. The number of aromatic nitrogens is 2. The van der Waals surface area contributed by atoms with Crippen LogP contribution in [0, 0.1) is 0 Å². The van der Waals surface area contributed by atoms with E-state index in [9.17, 15) is 0 Å². The van der Waals surface area contributed by atoms with E-state index in [1.165, 1.54) is 9.35 Å². The average molecular weight is 355 g/mol. The van der Waals surface area contributed by atoms with Gasteiger partial charge in [-0.1, -0.05) is 6.92 Å². The number of hydrogen-bond acceptors (Lipinski definition) is 5. The Balaban J connectivity index is 1.85. The van der Waals surface area contributed by atoms with Gasteiger partial charge in [0.05, 0.1) is 21.9 Å². The van der Waals surface area contributed by atoms with Crippen LogP contribution in [0.3, 0.4) is 0 Å². The Morgan fingerprint density at radius 3 is 2.75 bits per heavy atom. The molecule has 0 bridgehead atoms. The van der Waals surface area contributed by atoms with E-state index in [4.69, 9.17) is 0 Å². The Bertz CT molecular complexity index is 526. The van der Waals surface area contributed by atoms with Crippen molar-refractivity contribution >= 4 is 33.1 Å². The third-order valence-electron chi connectivity index (χ3n) is 2.77. The molecule has 0 radical (unpaired) electrons. The van der Waals surface area contributed by atoms with Gasteiger partial charge in [-0.15, -0.1) is 11.3 Å². The summed E-state index contributed by atoms with van der Waals surface area (Å²) >= 11 is 5.20. The zero-order valence-corrected chi connectivity index (χ0v) is 14.2. The molecule has 0 aliphatic carbocycles. The number of nitrogens with one attached hydrogen (secondary N) is 1. The molecule has 2 aromatic heterocycles. The minimum atomic E-state index is 0.800. The van der Waals surface area contributed by atoms with E-state index in [0.29, 0.717) is 0 Å². The van der Waals surface area contributed by atoms with Gasteiger partial charge in [-0.25, -0.2) is 4.98 Å². The van der Waals surface area contributed by atoms with E-state index in [1.807, 2.05) is 6.20 Å². The topological polar surface area (TPSA) is 41.1 Å². The number of nitrogens with zero attached hydrogens (tertiary/aromatic N) is 3. The zero-order valence-electron chi connectivity index (χ0n) is 11.8. The third kappa shape index (κ3) is 4.85. The quantitative estimate of drug-likeness (QED) is 0.821. The van der Waals surface area contributed by atoms with Gasteiger partial charge < -0.3 is 5.32 Å². The molecule has 2 aromatic rings. The summed E-state index contributed by atoms with van der Waals surface area (Å²) in [7, 11) is 2.09. The molecule has 0 amide bonds. The molecular formula is C14H19BrN4S. The predicted molar refractivity (Wildman–Crippen MR) is 88.0 cm³/mol. The molecule has 0 unspecified atom stereocenters. The second-order valence-electron chi connectivity index (χ2n) is 4.75. The van der Waals surface area contributed by atoms with Crippen LogP contribution in [0.2, 0.25) is 0 Å². The number of anilines is 1. The molecule has 0 saturated carbocycles. The summed E-state index contributed by atoms with van der Waals surface area (Å²) in [4.78, 5) is 11.1. The Kier molecular flexibility index (Phi) is 5.94. The minimum absolute atomic E-state index is 0.800. The van der Waals surface area contributed by atoms with Crippen LogP contribution >= 0.6 is 27.3 Å². The molecule has 0 saturated heterocycles. The largest absolute Gasteiger partial charge is 0.369 e. The number of rotatable bonds is 7. The van der Waals surface area contributed by atoms with Crippen molar-refractivity contribution in [1.29, 1.82) is 0 Å². The lowest BCUT2D eigenvalue weighted by atomic mass is 10.3. The molecule has 6 heteroatoms. The molecule has 0 aliphatic rings. The van der Waals surface area contributed by atoms with Crippen LogP contribution in [0.5, 0.6) is 0 Å². The smallest absolute Gasteiger partial charge is 0.144 e. The third-order valence-corrected chi connectivity index (χ3v) is 4.32. The van der Waals surface area contributed by atoms with Gasteiger partial charge >= 0.3 is 0 Å². The zero-order chi connectivity index (χ0) is 14.4. The number of hydrogen-bond donors (Lipinski definition) is 1. The van der Waals surface area contributed by atoms with Crippen LogP contribution < -0.4 is 5.32 Å². The lowest BCUT2D eigenvalue weighted by molar-refractivity contribution is 0.315. The first kappa shape index (κ1) is 15.4. The van der Waals surface area contributed by atoms with E-state index >= 15 is 0 Å². The van der Waals surface area contributed by atoms with Gasteiger partial charge in [-0.05, 0) is 46.4 Å². The van der Waals surface area contributed by atoms with Crippen LogP contribution in [-0.4, -0.2) is 28.5 Å². The van der Waals surface area contributed by atoms with Gasteiger partial charge in [0, 0.05) is 19.6 Å². The lowest BCUT2D eigenvalue weighted by Crippen LogP contribution is -2.18. The van der Waals surface area contributed by atoms with Gasteiger partial charge in [0.2, 0.25) is 0 Å². The van der Waals surface area contributed by atoms with Gasteiger partial charge in [0.1, 0.15) is 5.82 Å². The molecule has 4 nitrogen and oxygen atoms in total. The van der Waals surface area contributed by atoms with Crippen molar-refractivity contribution in [2.24, 2.45) is 0 Å². The summed E-state index contributed by atoms with van der Waals surface area (Å²) in [6, 6.07) is 2.16. The van der Waals surface area contributed by atoms with Gasteiger partial charge in [-0.2, -0.15) is 0 Å². The van der Waals surface area contributed by atoms with Crippen LogP contribution in [0.4, 0.5) is 5.82 Å². The van der Waals surface area contributed by atoms with E-state index < -0.39 is 0 Å². The summed E-state index contributed by atoms with van der Waals surface area (Å²) in [6.45, 7) is 4.78. The number of thiophene rings is 1. The summed E-state index contributed by atoms with van der Waals surface area (Å²) < 4.78 is 1.17. The first-order valence-electron chi connectivity index (χ1n) is 6.63. The normalized spacial score (nSPS) is 11.0. The molecular weight excluding hydrogens is 336 g/mol. The van der Waals surface area contributed by atoms with Crippen LogP contribution in [0.25, 0.3) is 0 Å². The van der Waals surface area contributed by atoms with Crippen molar-refractivity contribution in [2.45, 2.75) is 26.4 Å². The van der Waals surface area contributed by atoms with Crippen LogP contribution in [0.15, 0.2) is 27.6 Å². The molecule has 20 heavy (non-hydrogen) atoms. The van der Waals surface area contributed by atoms with Crippen molar-refractivity contribution in [2.75, 3.05) is 18.9 Å². The SMILES string of the molecule is CCCNc1cnc(CN(C)Cc2csc(Br)c2)cn1. The molecule has 108 valence electrons. The summed E-state index contributed by atoms with van der Waals surface area (Å²) in [6.07, 6.45) is 4.74. The van der Waals surface area contributed by atoms with Gasteiger partial charge in [0.25, 0.3) is 0 Å². The van der Waals surface area contributed by atoms with E-state index in [0.717, 1.165) is 37.6 Å². The van der Waals surface area contributed by atoms with Crippen molar-refractivity contribution in [1.82, 2.24) is 14.9 Å². The Morgan fingerprint density at radius 1 is 1.30 bits per heavy atom. The Morgan fingerprint density at radius 2 is 2.15 bits per heavy atom. The summed E-state index contributed by atoms with van der Waals surface area (Å²) in [5.74, 6) is 0.847. The predicted octanol–water partition coefficient (Wildman–Crippen LogP) is 3.75. The summed E-state index contributed by atoms with van der Waals surface area (Å²) in [5.41, 5.74) is 2.31. The van der Waals surface area contributed by atoms with Crippen molar-refractivity contribution in [3.05, 3.63) is 38.9 Å². The minimum Gasteiger partial charge on any atom is -0.369 e. The maximum absolute atomic E-state index is 4.45. The fourth-order valence-corrected chi connectivity index (χ4v) is 3.05. The van der Waals surface area contributed by atoms with E-state index in [1.54, 1.807) is 17.5 Å². The van der Waals surface area contributed by atoms with E-state index in [2.05, 4.69) is 61.5 Å². The Hall–Kier alpha value is -0.980. The van der Waals surface area contributed by atoms with Crippen molar-refractivity contribution in [3.63, 3.8) is 0 Å². The second-order valence-corrected chi connectivity index (χ2v) is 7.04. The second kappa shape index (κ2) is 7.71.